The number of hydrogen-bond donors (Lipinski definition) is 1. The average Bonchev–Trinajstić information content (AvgIpc) is 2.95. The zero-order chi connectivity index (χ0) is 12.5. The number of nitrogens with one attached hydrogen (secondary N) is 1. The molecule has 0 unspecified atom stereocenters. The number of rotatable bonds is 5. The van der Waals surface area contributed by atoms with E-state index in [0.717, 1.165) is 30.0 Å². The van der Waals surface area contributed by atoms with Crippen molar-refractivity contribution in [3.05, 3.63) is 23.8 Å². The molecule has 1 aliphatic rings. The van der Waals surface area contributed by atoms with Crippen LogP contribution in [0.5, 0.6) is 0 Å². The molecule has 2 aromatic rings. The predicted octanol–water partition coefficient (Wildman–Crippen LogP) is 0.815. The van der Waals surface area contributed by atoms with Crippen molar-refractivity contribution in [2.75, 3.05) is 0 Å². The molecule has 1 fully saturated rings. The van der Waals surface area contributed by atoms with Gasteiger partial charge in [0.2, 0.25) is 0 Å². The first kappa shape index (κ1) is 11.4. The highest BCUT2D eigenvalue weighted by atomic mass is 15.4. The number of aromatic nitrogens is 5. The minimum Gasteiger partial charge on any atom is -0.308 e. The fourth-order valence-corrected chi connectivity index (χ4v) is 2.07. The monoisotopic (exact) mass is 246 g/mol. The van der Waals surface area contributed by atoms with Crippen molar-refractivity contribution >= 4 is 0 Å². The molecule has 96 valence electrons. The zero-order valence-corrected chi connectivity index (χ0v) is 10.8. The molecule has 0 saturated heterocycles. The third-order valence-corrected chi connectivity index (χ3v) is 3.22. The van der Waals surface area contributed by atoms with E-state index in [4.69, 9.17) is 0 Å². The normalized spacial score (nSPS) is 15.2. The second kappa shape index (κ2) is 4.53. The molecule has 0 atom stereocenters. The second-order valence-electron chi connectivity index (χ2n) is 4.78. The van der Waals surface area contributed by atoms with E-state index >= 15 is 0 Å². The number of aryl methyl sites for hydroxylation is 2. The summed E-state index contributed by atoms with van der Waals surface area (Å²) < 4.78 is 3.72. The molecule has 0 bridgehead atoms. The van der Waals surface area contributed by atoms with Crippen molar-refractivity contribution in [2.24, 2.45) is 7.05 Å². The van der Waals surface area contributed by atoms with Crippen LogP contribution in [0.15, 0.2) is 12.4 Å². The molecule has 6 nitrogen and oxygen atoms in total. The van der Waals surface area contributed by atoms with Gasteiger partial charge >= 0.3 is 0 Å². The SMILES string of the molecule is CCc1nn(C)cc1-n1nncc1CNC1CC1. The van der Waals surface area contributed by atoms with Crippen molar-refractivity contribution < 1.29 is 0 Å². The van der Waals surface area contributed by atoms with Crippen LogP contribution in [0.25, 0.3) is 5.69 Å². The molecule has 1 saturated carbocycles. The summed E-state index contributed by atoms with van der Waals surface area (Å²) in [6.07, 6.45) is 7.28. The van der Waals surface area contributed by atoms with E-state index in [1.807, 2.05) is 28.8 Å². The van der Waals surface area contributed by atoms with Gasteiger partial charge in [-0.1, -0.05) is 12.1 Å². The third-order valence-electron chi connectivity index (χ3n) is 3.22. The highest BCUT2D eigenvalue weighted by molar-refractivity contribution is 5.35. The van der Waals surface area contributed by atoms with Gasteiger partial charge in [0.05, 0.1) is 23.8 Å². The number of nitrogens with zero attached hydrogens (tertiary/aromatic N) is 5. The minimum absolute atomic E-state index is 0.688. The summed E-state index contributed by atoms with van der Waals surface area (Å²) in [5, 5.41) is 16.1. The molecule has 2 aromatic heterocycles. The van der Waals surface area contributed by atoms with Crippen LogP contribution in [0.2, 0.25) is 0 Å². The van der Waals surface area contributed by atoms with E-state index in [0.29, 0.717) is 6.04 Å². The van der Waals surface area contributed by atoms with Crippen LogP contribution >= 0.6 is 0 Å². The summed E-state index contributed by atoms with van der Waals surface area (Å²) in [4.78, 5) is 0. The lowest BCUT2D eigenvalue weighted by atomic mass is 10.3. The van der Waals surface area contributed by atoms with Crippen LogP contribution in [0.1, 0.15) is 31.2 Å². The van der Waals surface area contributed by atoms with Crippen LogP contribution in [0.4, 0.5) is 0 Å². The largest absolute Gasteiger partial charge is 0.308 e. The highest BCUT2D eigenvalue weighted by Gasteiger charge is 2.21. The van der Waals surface area contributed by atoms with E-state index in [-0.39, 0.29) is 0 Å². The Morgan fingerprint density at radius 1 is 1.44 bits per heavy atom. The van der Waals surface area contributed by atoms with Gasteiger partial charge < -0.3 is 5.32 Å². The molecule has 0 amide bonds. The van der Waals surface area contributed by atoms with Crippen molar-refractivity contribution in [1.29, 1.82) is 0 Å². The van der Waals surface area contributed by atoms with E-state index in [1.54, 1.807) is 0 Å². The second-order valence-corrected chi connectivity index (χ2v) is 4.78. The molecule has 1 aliphatic carbocycles. The van der Waals surface area contributed by atoms with Gasteiger partial charge in [0.1, 0.15) is 5.69 Å². The Bertz CT molecular complexity index is 537. The van der Waals surface area contributed by atoms with E-state index in [1.165, 1.54) is 12.8 Å². The first-order valence-electron chi connectivity index (χ1n) is 6.43. The number of hydrogen-bond acceptors (Lipinski definition) is 4. The molecule has 0 radical (unpaired) electrons. The smallest absolute Gasteiger partial charge is 0.108 e. The molecule has 6 heteroatoms. The molecule has 3 rings (SSSR count). The first-order chi connectivity index (χ1) is 8.78. The van der Waals surface area contributed by atoms with Crippen molar-refractivity contribution in [3.8, 4) is 5.69 Å². The van der Waals surface area contributed by atoms with E-state index in [2.05, 4.69) is 27.7 Å². The maximum absolute atomic E-state index is 4.44. The van der Waals surface area contributed by atoms with Crippen molar-refractivity contribution in [1.82, 2.24) is 30.1 Å². The standard InChI is InChI=1S/C12H18N6/c1-3-11-12(8-17(2)15-11)18-10(7-14-16-18)6-13-9-4-5-9/h7-9,13H,3-6H2,1-2H3. The van der Waals surface area contributed by atoms with Crippen LogP contribution in [-0.2, 0) is 20.0 Å². The Hall–Kier alpha value is -1.69. The van der Waals surface area contributed by atoms with E-state index in [9.17, 15) is 0 Å². The zero-order valence-electron chi connectivity index (χ0n) is 10.8. The van der Waals surface area contributed by atoms with Gasteiger partial charge in [-0.25, -0.2) is 4.68 Å². The lowest BCUT2D eigenvalue weighted by molar-refractivity contribution is 0.645. The fraction of sp³-hybridized carbons (Fsp3) is 0.583. The fourth-order valence-electron chi connectivity index (χ4n) is 2.07. The van der Waals surface area contributed by atoms with Gasteiger partial charge in [0, 0.05) is 19.6 Å². The molecule has 0 spiro atoms. The quantitative estimate of drug-likeness (QED) is 0.848. The molecule has 18 heavy (non-hydrogen) atoms. The lowest BCUT2D eigenvalue weighted by Crippen LogP contribution is -2.18. The summed E-state index contributed by atoms with van der Waals surface area (Å²) in [6.45, 7) is 2.92. The van der Waals surface area contributed by atoms with Crippen LogP contribution in [-0.4, -0.2) is 30.8 Å². The summed E-state index contributed by atoms with van der Waals surface area (Å²) in [6, 6.07) is 0.688. The van der Waals surface area contributed by atoms with E-state index < -0.39 is 0 Å². The van der Waals surface area contributed by atoms with Gasteiger partial charge in [0.15, 0.2) is 0 Å². The topological polar surface area (TPSA) is 60.6 Å². The maximum atomic E-state index is 4.44. The van der Waals surface area contributed by atoms with Crippen molar-refractivity contribution in [2.45, 2.75) is 38.8 Å². The lowest BCUT2D eigenvalue weighted by Gasteiger charge is -2.06. The molecule has 0 aromatic carbocycles. The Morgan fingerprint density at radius 3 is 3.00 bits per heavy atom. The Morgan fingerprint density at radius 2 is 2.28 bits per heavy atom. The van der Waals surface area contributed by atoms with Crippen LogP contribution in [0.3, 0.4) is 0 Å². The molecule has 1 N–H and O–H groups in total. The van der Waals surface area contributed by atoms with Gasteiger partial charge in [-0.3, -0.25) is 4.68 Å². The average molecular weight is 246 g/mol. The first-order valence-corrected chi connectivity index (χ1v) is 6.43. The predicted molar refractivity (Wildman–Crippen MR) is 67.4 cm³/mol. The molecular weight excluding hydrogens is 228 g/mol. The highest BCUT2D eigenvalue weighted by Crippen LogP contribution is 2.20. The molecule has 0 aliphatic heterocycles. The Labute approximate surface area is 106 Å². The van der Waals surface area contributed by atoms with Gasteiger partial charge in [-0.15, -0.1) is 5.10 Å². The summed E-state index contributed by atoms with van der Waals surface area (Å²) in [5.74, 6) is 0. The summed E-state index contributed by atoms with van der Waals surface area (Å²) >= 11 is 0. The molecule has 2 heterocycles. The van der Waals surface area contributed by atoms with Gasteiger partial charge in [-0.2, -0.15) is 5.10 Å². The van der Waals surface area contributed by atoms with Gasteiger partial charge in [-0.05, 0) is 19.3 Å². The van der Waals surface area contributed by atoms with Crippen molar-refractivity contribution in [3.63, 3.8) is 0 Å². The van der Waals surface area contributed by atoms with Crippen LogP contribution < -0.4 is 5.32 Å². The maximum Gasteiger partial charge on any atom is 0.108 e. The molecular formula is C12H18N6. The Kier molecular flexibility index (Phi) is 2.87. The third kappa shape index (κ3) is 2.15. The summed E-state index contributed by atoms with van der Waals surface area (Å²) in [5.41, 5.74) is 3.17. The van der Waals surface area contributed by atoms with Crippen LogP contribution in [0, 0.1) is 0 Å². The summed E-state index contributed by atoms with van der Waals surface area (Å²) in [7, 11) is 1.93. The Balaban J connectivity index is 1.87. The minimum atomic E-state index is 0.688. The van der Waals surface area contributed by atoms with Gasteiger partial charge in [0.25, 0.3) is 0 Å².